The maximum Gasteiger partial charge on any atom is 0.434 e. The molecule has 2 aliphatic rings. The first-order valence-corrected chi connectivity index (χ1v) is 11.7. The molecule has 4 heterocycles. The molecule has 2 aromatic heterocycles. The lowest BCUT2D eigenvalue weighted by atomic mass is 10.1. The summed E-state index contributed by atoms with van der Waals surface area (Å²) in [7, 11) is -3.87. The first-order valence-electron chi connectivity index (χ1n) is 10.2. The van der Waals surface area contributed by atoms with Gasteiger partial charge in [0, 0.05) is 31.4 Å². The first-order chi connectivity index (χ1) is 15.6. The Morgan fingerprint density at radius 3 is 2.82 bits per heavy atom. The average molecular weight is 482 g/mol. The molecule has 0 aliphatic carbocycles. The van der Waals surface area contributed by atoms with Gasteiger partial charge in [0.15, 0.2) is 17.2 Å². The molecule has 0 spiro atoms. The number of aromatic nitrogens is 3. The van der Waals surface area contributed by atoms with Crippen molar-refractivity contribution in [3.05, 3.63) is 41.9 Å². The van der Waals surface area contributed by atoms with Crippen LogP contribution < -0.4 is 11.1 Å². The molecule has 2 fully saturated rings. The van der Waals surface area contributed by atoms with Crippen molar-refractivity contribution in [2.45, 2.75) is 30.1 Å². The highest BCUT2D eigenvalue weighted by molar-refractivity contribution is 7.89. The summed E-state index contributed by atoms with van der Waals surface area (Å²) in [6.07, 6.45) is -2.75. The number of nitrogens with one attached hydrogen (secondary N) is 1. The van der Waals surface area contributed by atoms with Crippen molar-refractivity contribution in [1.29, 1.82) is 0 Å². The maximum absolute atomic E-state index is 13.5. The van der Waals surface area contributed by atoms with Crippen LogP contribution in [0, 0.1) is 6.92 Å². The number of halogens is 3. The van der Waals surface area contributed by atoms with Crippen LogP contribution in [0.2, 0.25) is 0 Å². The van der Waals surface area contributed by atoms with Crippen molar-refractivity contribution in [2.75, 3.05) is 32.0 Å². The van der Waals surface area contributed by atoms with Crippen LogP contribution in [0.1, 0.15) is 11.3 Å². The van der Waals surface area contributed by atoms with E-state index in [9.17, 15) is 21.6 Å². The summed E-state index contributed by atoms with van der Waals surface area (Å²) < 4.78 is 75.2. The lowest BCUT2D eigenvalue weighted by molar-refractivity contribution is -0.141. The van der Waals surface area contributed by atoms with E-state index in [2.05, 4.69) is 15.3 Å². The van der Waals surface area contributed by atoms with Crippen LogP contribution in [0.3, 0.4) is 0 Å². The van der Waals surface area contributed by atoms with Crippen LogP contribution in [0.4, 0.5) is 19.0 Å². The van der Waals surface area contributed by atoms with Gasteiger partial charge in [0.1, 0.15) is 0 Å². The lowest BCUT2D eigenvalue weighted by Crippen LogP contribution is -2.53. The monoisotopic (exact) mass is 482 g/mol. The van der Waals surface area contributed by atoms with Gasteiger partial charge in [0.05, 0.1) is 35.5 Å². The molecule has 2 atom stereocenters. The summed E-state index contributed by atoms with van der Waals surface area (Å²) in [6, 6.07) is 4.28. The van der Waals surface area contributed by atoms with E-state index < -0.39 is 21.9 Å². The predicted molar refractivity (Wildman–Crippen MR) is 113 cm³/mol. The number of hydrogen-bond acceptors (Lipinski definition) is 7. The number of ether oxygens (including phenoxy) is 1. The summed E-state index contributed by atoms with van der Waals surface area (Å²) >= 11 is 0. The van der Waals surface area contributed by atoms with Gasteiger partial charge in [-0.15, -0.1) is 0 Å². The molecular weight excluding hydrogens is 461 g/mol. The molecule has 2 saturated heterocycles. The van der Waals surface area contributed by atoms with Gasteiger partial charge in [0.2, 0.25) is 10.0 Å². The number of nitrogens with two attached hydrogens (primary N) is 1. The minimum atomic E-state index is -4.70. The van der Waals surface area contributed by atoms with E-state index in [4.69, 9.17) is 10.5 Å². The third-order valence-corrected chi connectivity index (χ3v) is 7.96. The standard InChI is InChI=1S/C20H21F3N6O3S/c1-11-2-3-12(33(30,31)29-4-5-32-16-9-25-7-15(16)29)6-13(11)14-8-26-19-18(24)27-17(10-28(14)19)20(21,22)23/h2-3,6,8,10,15-16,25H,4-5,7,9H2,1H3,(H2,24,27). The van der Waals surface area contributed by atoms with E-state index in [-0.39, 0.29) is 40.7 Å². The third kappa shape index (κ3) is 3.64. The Hall–Kier alpha value is -2.74. The SMILES string of the molecule is Cc1ccc(S(=O)(=O)N2CCOC3CNCC32)cc1-c1cnc2c(N)nc(C(F)(F)F)cn12. The fraction of sp³-hybridized carbons (Fsp3) is 0.400. The Bertz CT molecular complexity index is 1340. The molecule has 5 rings (SSSR count). The fourth-order valence-corrected chi connectivity index (χ4v) is 6.04. The molecule has 176 valence electrons. The third-order valence-electron chi connectivity index (χ3n) is 6.04. The van der Waals surface area contributed by atoms with E-state index in [1.807, 2.05) is 0 Å². The Labute approximate surface area is 187 Å². The molecule has 0 saturated carbocycles. The summed E-state index contributed by atoms with van der Waals surface area (Å²) in [5.41, 5.74) is 5.98. The number of imidazole rings is 1. The molecule has 3 aromatic rings. The molecule has 0 radical (unpaired) electrons. The van der Waals surface area contributed by atoms with Gasteiger partial charge in [0.25, 0.3) is 0 Å². The van der Waals surface area contributed by atoms with Crippen molar-refractivity contribution < 1.29 is 26.3 Å². The second kappa shape index (κ2) is 7.65. The van der Waals surface area contributed by atoms with Crippen LogP contribution in [-0.2, 0) is 20.9 Å². The van der Waals surface area contributed by atoms with Gasteiger partial charge < -0.3 is 15.8 Å². The molecule has 2 aliphatic heterocycles. The maximum atomic E-state index is 13.5. The minimum Gasteiger partial charge on any atom is -0.381 e. The highest BCUT2D eigenvalue weighted by atomic mass is 32.2. The Kier molecular flexibility index (Phi) is 5.12. The molecular formula is C20H21F3N6O3S. The first kappa shape index (κ1) is 22.1. The van der Waals surface area contributed by atoms with E-state index >= 15 is 0 Å². The quantitative estimate of drug-likeness (QED) is 0.584. The number of nitrogens with zero attached hydrogens (tertiary/aromatic N) is 4. The van der Waals surface area contributed by atoms with E-state index in [0.29, 0.717) is 30.8 Å². The summed E-state index contributed by atoms with van der Waals surface area (Å²) in [6.45, 7) is 3.32. The molecule has 2 unspecified atom stereocenters. The molecule has 13 heteroatoms. The predicted octanol–water partition coefficient (Wildman–Crippen LogP) is 1.67. The molecule has 9 nitrogen and oxygen atoms in total. The fourth-order valence-electron chi connectivity index (χ4n) is 4.38. The molecule has 1 aromatic carbocycles. The summed E-state index contributed by atoms with van der Waals surface area (Å²) in [4.78, 5) is 7.55. The van der Waals surface area contributed by atoms with Crippen LogP contribution >= 0.6 is 0 Å². The van der Waals surface area contributed by atoms with Gasteiger partial charge in [-0.25, -0.2) is 18.4 Å². The number of nitrogen functional groups attached to an aromatic ring is 1. The van der Waals surface area contributed by atoms with Crippen LogP contribution in [-0.4, -0.2) is 65.5 Å². The number of alkyl halides is 3. The number of fused-ring (bicyclic) bond motifs is 2. The second-order valence-electron chi connectivity index (χ2n) is 8.07. The number of rotatable bonds is 3. The Morgan fingerprint density at radius 1 is 1.27 bits per heavy atom. The number of aryl methyl sites for hydroxylation is 1. The van der Waals surface area contributed by atoms with Crippen molar-refractivity contribution in [1.82, 2.24) is 24.0 Å². The van der Waals surface area contributed by atoms with Crippen LogP contribution in [0.25, 0.3) is 16.9 Å². The number of benzene rings is 1. The van der Waals surface area contributed by atoms with Crippen molar-refractivity contribution in [2.24, 2.45) is 0 Å². The van der Waals surface area contributed by atoms with Gasteiger partial charge in [-0.2, -0.15) is 17.5 Å². The van der Waals surface area contributed by atoms with Crippen LogP contribution in [0.15, 0.2) is 35.5 Å². The summed E-state index contributed by atoms with van der Waals surface area (Å²) in [5.74, 6) is -0.370. The zero-order chi connectivity index (χ0) is 23.5. The Morgan fingerprint density at radius 2 is 2.06 bits per heavy atom. The largest absolute Gasteiger partial charge is 0.434 e. The second-order valence-corrected chi connectivity index (χ2v) is 9.96. The highest BCUT2D eigenvalue weighted by Crippen LogP contribution is 2.34. The van der Waals surface area contributed by atoms with Gasteiger partial charge >= 0.3 is 6.18 Å². The topological polar surface area (TPSA) is 115 Å². The molecule has 3 N–H and O–H groups in total. The van der Waals surface area contributed by atoms with Gasteiger partial charge in [-0.05, 0) is 24.6 Å². The molecule has 0 bridgehead atoms. The Balaban J connectivity index is 1.62. The number of morpholine rings is 1. The van der Waals surface area contributed by atoms with E-state index in [1.54, 1.807) is 13.0 Å². The van der Waals surface area contributed by atoms with Gasteiger partial charge in [-0.3, -0.25) is 4.40 Å². The smallest absolute Gasteiger partial charge is 0.381 e. The average Bonchev–Trinajstić information content (AvgIpc) is 3.40. The highest BCUT2D eigenvalue weighted by Gasteiger charge is 2.42. The van der Waals surface area contributed by atoms with E-state index in [1.165, 1.54) is 27.0 Å². The van der Waals surface area contributed by atoms with Crippen molar-refractivity contribution in [3.8, 4) is 11.3 Å². The minimum absolute atomic E-state index is 0.0451. The van der Waals surface area contributed by atoms with E-state index in [0.717, 1.165) is 6.20 Å². The zero-order valence-electron chi connectivity index (χ0n) is 17.5. The van der Waals surface area contributed by atoms with Crippen LogP contribution in [0.5, 0.6) is 0 Å². The molecule has 0 amide bonds. The normalized spacial score (nSPS) is 22.1. The number of sulfonamides is 1. The number of anilines is 1. The summed E-state index contributed by atoms with van der Waals surface area (Å²) in [5, 5.41) is 3.15. The number of hydrogen-bond donors (Lipinski definition) is 2. The zero-order valence-corrected chi connectivity index (χ0v) is 18.3. The lowest BCUT2D eigenvalue weighted by Gasteiger charge is -2.36. The molecule has 33 heavy (non-hydrogen) atoms. The van der Waals surface area contributed by atoms with Gasteiger partial charge in [-0.1, -0.05) is 6.07 Å². The van der Waals surface area contributed by atoms with Crippen molar-refractivity contribution >= 4 is 21.5 Å². The van der Waals surface area contributed by atoms with Crippen molar-refractivity contribution in [3.63, 3.8) is 0 Å².